The summed E-state index contributed by atoms with van der Waals surface area (Å²) in [6, 6.07) is 8.21. The van der Waals surface area contributed by atoms with Crippen molar-refractivity contribution >= 4 is 47.4 Å². The molecule has 1 aliphatic heterocycles. The van der Waals surface area contributed by atoms with Crippen LogP contribution in [0.1, 0.15) is 32.3 Å². The Bertz CT molecular complexity index is 609. The van der Waals surface area contributed by atoms with E-state index in [2.05, 4.69) is 21.7 Å². The number of aliphatic imine (C=N–C) groups is 1. The maximum absolute atomic E-state index is 12.1. The Morgan fingerprint density at radius 3 is 2.77 bits per heavy atom. The summed E-state index contributed by atoms with van der Waals surface area (Å²) >= 11 is 6.18. The normalized spacial score (nSPS) is 17.2. The molecule has 2 N–H and O–H groups in total. The Morgan fingerprint density at radius 1 is 1.38 bits per heavy atom. The minimum atomic E-state index is 0. The van der Waals surface area contributed by atoms with Crippen LogP contribution in [0.2, 0.25) is 5.02 Å². The first-order chi connectivity index (χ1) is 12.0. The van der Waals surface area contributed by atoms with Crippen molar-refractivity contribution in [1.29, 1.82) is 0 Å². The smallest absolute Gasteiger partial charge is 0.225 e. The summed E-state index contributed by atoms with van der Waals surface area (Å²) in [4.78, 5) is 18.3. The highest BCUT2D eigenvalue weighted by Gasteiger charge is 2.27. The third kappa shape index (κ3) is 6.95. The number of guanidine groups is 1. The molecule has 1 fully saturated rings. The Morgan fingerprint density at radius 2 is 2.12 bits per heavy atom. The van der Waals surface area contributed by atoms with E-state index in [-0.39, 0.29) is 41.8 Å². The molecule has 1 aromatic rings. The number of hydrogen-bond donors (Lipinski definition) is 2. The van der Waals surface area contributed by atoms with E-state index in [1.54, 1.807) is 7.05 Å². The van der Waals surface area contributed by atoms with Crippen LogP contribution in [0.3, 0.4) is 0 Å². The van der Waals surface area contributed by atoms with Crippen molar-refractivity contribution < 1.29 is 4.79 Å². The molecule has 0 bridgehead atoms. The number of hydrogen-bond acceptors (Lipinski definition) is 2. The molecule has 1 heterocycles. The van der Waals surface area contributed by atoms with E-state index >= 15 is 0 Å². The van der Waals surface area contributed by atoms with Crippen LogP contribution in [0, 0.1) is 5.92 Å². The molecule has 1 aliphatic rings. The highest BCUT2D eigenvalue weighted by Crippen LogP contribution is 2.16. The molecule has 1 unspecified atom stereocenters. The standard InChI is InChI=1S/C19H29ClN4O.HI/c1-14(2)18(25)24-12-10-16(13-24)23-19(21-3)22-11-6-8-15-7-4-5-9-17(15)20;/h4-5,7,9,14,16H,6,8,10-13H2,1-3H3,(H2,21,22,23);1H. The topological polar surface area (TPSA) is 56.7 Å². The number of likely N-dealkylation sites (tertiary alicyclic amines) is 1. The summed E-state index contributed by atoms with van der Waals surface area (Å²) in [5.41, 5.74) is 1.17. The third-order valence-electron chi connectivity index (χ3n) is 4.43. The fraction of sp³-hybridized carbons (Fsp3) is 0.579. The zero-order chi connectivity index (χ0) is 18.2. The van der Waals surface area contributed by atoms with Gasteiger partial charge in [0.2, 0.25) is 5.91 Å². The van der Waals surface area contributed by atoms with Crippen molar-refractivity contribution in [3.8, 4) is 0 Å². The van der Waals surface area contributed by atoms with Crippen LogP contribution in [-0.2, 0) is 11.2 Å². The molecule has 26 heavy (non-hydrogen) atoms. The van der Waals surface area contributed by atoms with E-state index in [0.717, 1.165) is 49.9 Å². The SMILES string of the molecule is CN=C(NCCCc1ccccc1Cl)NC1CCN(C(=O)C(C)C)C1.I. The number of halogens is 2. The minimum Gasteiger partial charge on any atom is -0.356 e. The summed E-state index contributed by atoms with van der Waals surface area (Å²) in [5.74, 6) is 1.08. The van der Waals surface area contributed by atoms with Crippen molar-refractivity contribution in [3.05, 3.63) is 34.9 Å². The van der Waals surface area contributed by atoms with Crippen molar-refractivity contribution in [2.24, 2.45) is 10.9 Å². The number of rotatable bonds is 6. The van der Waals surface area contributed by atoms with Crippen molar-refractivity contribution in [1.82, 2.24) is 15.5 Å². The Kier molecular flexibility index (Phi) is 10.3. The first kappa shape index (κ1) is 23.0. The number of benzene rings is 1. The summed E-state index contributed by atoms with van der Waals surface area (Å²) in [6.45, 7) is 6.28. The Balaban J connectivity index is 0.00000338. The minimum absolute atomic E-state index is 0. The van der Waals surface area contributed by atoms with Crippen molar-refractivity contribution in [2.45, 2.75) is 39.2 Å². The molecule has 1 aromatic carbocycles. The van der Waals surface area contributed by atoms with Gasteiger partial charge in [-0.2, -0.15) is 0 Å². The first-order valence-corrected chi connectivity index (χ1v) is 9.38. The van der Waals surface area contributed by atoms with Gasteiger partial charge < -0.3 is 15.5 Å². The Labute approximate surface area is 179 Å². The molecule has 0 aromatic heterocycles. The van der Waals surface area contributed by atoms with E-state index in [1.165, 1.54) is 5.56 Å². The summed E-state index contributed by atoms with van der Waals surface area (Å²) < 4.78 is 0. The Hall–Kier alpha value is -1.02. The molecule has 0 spiro atoms. The third-order valence-corrected chi connectivity index (χ3v) is 4.80. The molecule has 146 valence electrons. The number of aryl methyl sites for hydroxylation is 1. The van der Waals surface area contributed by atoms with Crippen LogP contribution in [0.5, 0.6) is 0 Å². The lowest BCUT2D eigenvalue weighted by molar-refractivity contribution is -0.133. The lowest BCUT2D eigenvalue weighted by Crippen LogP contribution is -2.45. The summed E-state index contributed by atoms with van der Waals surface area (Å²) in [6.07, 6.45) is 2.87. The second-order valence-electron chi connectivity index (χ2n) is 6.76. The number of nitrogens with one attached hydrogen (secondary N) is 2. The predicted octanol–water partition coefficient (Wildman–Crippen LogP) is 3.31. The molecular weight excluding hydrogens is 463 g/mol. The molecule has 1 amide bonds. The highest BCUT2D eigenvalue weighted by molar-refractivity contribution is 14.0. The summed E-state index contributed by atoms with van der Waals surface area (Å²) in [7, 11) is 1.77. The van der Waals surface area contributed by atoms with Gasteiger partial charge in [0.25, 0.3) is 0 Å². The van der Waals surface area contributed by atoms with E-state index in [9.17, 15) is 4.79 Å². The van der Waals surface area contributed by atoms with Crippen LogP contribution in [-0.4, -0.2) is 49.5 Å². The monoisotopic (exact) mass is 492 g/mol. The largest absolute Gasteiger partial charge is 0.356 e. The second kappa shape index (κ2) is 11.6. The molecule has 1 saturated heterocycles. The van der Waals surface area contributed by atoms with Crippen LogP contribution in [0.15, 0.2) is 29.3 Å². The summed E-state index contributed by atoms with van der Waals surface area (Å²) in [5, 5.41) is 7.59. The van der Waals surface area contributed by atoms with Crippen LogP contribution in [0.25, 0.3) is 0 Å². The van der Waals surface area contributed by atoms with Gasteiger partial charge >= 0.3 is 0 Å². The van der Waals surface area contributed by atoms with Gasteiger partial charge in [-0.3, -0.25) is 9.79 Å². The van der Waals surface area contributed by atoms with Gasteiger partial charge in [-0.1, -0.05) is 43.6 Å². The van der Waals surface area contributed by atoms with Crippen molar-refractivity contribution in [2.75, 3.05) is 26.7 Å². The second-order valence-corrected chi connectivity index (χ2v) is 7.17. The molecule has 5 nitrogen and oxygen atoms in total. The lowest BCUT2D eigenvalue weighted by atomic mass is 10.1. The van der Waals surface area contributed by atoms with Gasteiger partial charge in [0.05, 0.1) is 0 Å². The highest BCUT2D eigenvalue weighted by atomic mass is 127. The fourth-order valence-electron chi connectivity index (χ4n) is 3.02. The van der Waals surface area contributed by atoms with Gasteiger partial charge in [0.15, 0.2) is 5.96 Å². The molecule has 2 rings (SSSR count). The number of amides is 1. The molecule has 0 radical (unpaired) electrons. The van der Waals surface area contributed by atoms with Gasteiger partial charge in [0, 0.05) is 43.7 Å². The number of carbonyl (C=O) groups excluding carboxylic acids is 1. The number of carbonyl (C=O) groups is 1. The maximum atomic E-state index is 12.1. The molecule has 0 saturated carbocycles. The van der Waals surface area contributed by atoms with Gasteiger partial charge in [0.1, 0.15) is 0 Å². The predicted molar refractivity (Wildman–Crippen MR) is 120 cm³/mol. The van der Waals surface area contributed by atoms with Gasteiger partial charge in [-0.25, -0.2) is 0 Å². The van der Waals surface area contributed by atoms with Crippen molar-refractivity contribution in [3.63, 3.8) is 0 Å². The molecule has 0 aliphatic carbocycles. The van der Waals surface area contributed by atoms with Gasteiger partial charge in [-0.15, -0.1) is 24.0 Å². The van der Waals surface area contributed by atoms with Crippen LogP contribution >= 0.6 is 35.6 Å². The fourth-order valence-corrected chi connectivity index (χ4v) is 3.25. The maximum Gasteiger partial charge on any atom is 0.225 e. The number of nitrogens with zero attached hydrogens (tertiary/aromatic N) is 2. The molecule has 1 atom stereocenters. The average Bonchev–Trinajstić information content (AvgIpc) is 3.06. The first-order valence-electron chi connectivity index (χ1n) is 9.00. The van der Waals surface area contributed by atoms with Crippen LogP contribution < -0.4 is 10.6 Å². The van der Waals surface area contributed by atoms with E-state index in [1.807, 2.05) is 36.9 Å². The molecular formula is C19H30ClIN4O. The van der Waals surface area contributed by atoms with E-state index in [0.29, 0.717) is 0 Å². The molecule has 7 heteroatoms. The van der Waals surface area contributed by atoms with E-state index in [4.69, 9.17) is 11.6 Å². The van der Waals surface area contributed by atoms with Gasteiger partial charge in [-0.05, 0) is 30.9 Å². The average molecular weight is 493 g/mol. The quantitative estimate of drug-likeness (QED) is 0.277. The van der Waals surface area contributed by atoms with E-state index < -0.39 is 0 Å². The lowest BCUT2D eigenvalue weighted by Gasteiger charge is -2.20. The zero-order valence-electron chi connectivity index (χ0n) is 15.8. The zero-order valence-corrected chi connectivity index (χ0v) is 18.9. The van der Waals surface area contributed by atoms with Crippen LogP contribution in [0.4, 0.5) is 0 Å².